The molecule has 3 N–H and O–H groups in total. The molecule has 148 valence electrons. The molecule has 0 aliphatic carbocycles. The average Bonchev–Trinajstić information content (AvgIpc) is 3.25. The molecule has 4 heterocycles. The number of nitrogens with zero attached hydrogens (tertiary/aromatic N) is 4. The molecule has 3 aromatic rings. The van der Waals surface area contributed by atoms with E-state index in [0.29, 0.717) is 35.9 Å². The highest BCUT2D eigenvalue weighted by atomic mass is 19.4. The summed E-state index contributed by atoms with van der Waals surface area (Å²) >= 11 is 0. The molecule has 0 unspecified atom stereocenters. The number of fused-ring (bicyclic) bond motifs is 1. The number of nitrogens with one attached hydrogen (secondary N) is 1. The van der Waals surface area contributed by atoms with E-state index in [1.807, 2.05) is 4.90 Å². The van der Waals surface area contributed by atoms with Crippen molar-refractivity contribution in [2.75, 3.05) is 18.0 Å². The number of alkyl halides is 3. The van der Waals surface area contributed by atoms with Gasteiger partial charge in [-0.3, -0.25) is 5.10 Å². The molecular formula is C19H21F3N6. The fourth-order valence-corrected chi connectivity index (χ4v) is 3.83. The van der Waals surface area contributed by atoms with Gasteiger partial charge >= 0.3 is 6.18 Å². The Hall–Kier alpha value is -2.68. The molecule has 0 aromatic carbocycles. The van der Waals surface area contributed by atoms with Gasteiger partial charge in [-0.2, -0.15) is 18.3 Å². The summed E-state index contributed by atoms with van der Waals surface area (Å²) in [6.45, 7) is 3.36. The summed E-state index contributed by atoms with van der Waals surface area (Å²) in [6.07, 6.45) is -0.982. The van der Waals surface area contributed by atoms with Crippen molar-refractivity contribution in [3.63, 3.8) is 0 Å². The minimum Gasteiger partial charge on any atom is -0.355 e. The Bertz CT molecular complexity index is 983. The van der Waals surface area contributed by atoms with E-state index < -0.39 is 11.7 Å². The Morgan fingerprint density at radius 1 is 1.21 bits per heavy atom. The first-order valence-electron chi connectivity index (χ1n) is 9.26. The minimum atomic E-state index is -4.54. The van der Waals surface area contributed by atoms with Crippen LogP contribution in [-0.2, 0) is 6.18 Å². The number of aromatic amines is 1. The molecule has 1 saturated heterocycles. The SMILES string of the molecule is CCC[C@H]1CN(c2ccc(C(F)(F)F)c(-c3n[nH]c4ncccc34)n2)C[C@@H]1N. The Kier molecular flexibility index (Phi) is 4.70. The third-order valence-electron chi connectivity index (χ3n) is 5.22. The second-order valence-corrected chi connectivity index (χ2v) is 7.15. The molecule has 0 saturated carbocycles. The number of pyridine rings is 2. The Morgan fingerprint density at radius 2 is 2.04 bits per heavy atom. The van der Waals surface area contributed by atoms with E-state index in [9.17, 15) is 13.2 Å². The first kappa shape index (κ1) is 18.7. The number of halogens is 3. The normalized spacial score (nSPS) is 20.2. The predicted octanol–water partition coefficient (Wildman–Crippen LogP) is 3.60. The number of hydrogen-bond donors (Lipinski definition) is 2. The smallest absolute Gasteiger partial charge is 0.355 e. The molecule has 0 spiro atoms. The van der Waals surface area contributed by atoms with E-state index in [2.05, 4.69) is 27.1 Å². The lowest BCUT2D eigenvalue weighted by atomic mass is 9.99. The maximum Gasteiger partial charge on any atom is 0.418 e. The quantitative estimate of drug-likeness (QED) is 0.711. The number of nitrogens with two attached hydrogens (primary N) is 1. The van der Waals surface area contributed by atoms with Gasteiger partial charge in [-0.05, 0) is 36.6 Å². The number of aromatic nitrogens is 4. The van der Waals surface area contributed by atoms with Gasteiger partial charge in [0.2, 0.25) is 0 Å². The van der Waals surface area contributed by atoms with Crippen molar-refractivity contribution in [3.8, 4) is 11.4 Å². The highest BCUT2D eigenvalue weighted by Crippen LogP contribution is 2.39. The largest absolute Gasteiger partial charge is 0.418 e. The van der Waals surface area contributed by atoms with Crippen molar-refractivity contribution in [2.45, 2.75) is 32.0 Å². The second-order valence-electron chi connectivity index (χ2n) is 7.15. The van der Waals surface area contributed by atoms with Gasteiger partial charge in [0, 0.05) is 30.7 Å². The molecule has 0 amide bonds. The van der Waals surface area contributed by atoms with E-state index >= 15 is 0 Å². The standard InChI is InChI=1S/C19H21F3N6/c1-2-4-11-9-28(10-14(11)23)15-7-6-13(19(20,21)22)17(25-15)16-12-5-3-8-24-18(12)27-26-16/h3,5-8,11,14H,2,4,9-10,23H2,1H3,(H,24,26,27)/t11-,14-/m0/s1. The van der Waals surface area contributed by atoms with Crippen molar-refractivity contribution in [1.29, 1.82) is 0 Å². The van der Waals surface area contributed by atoms with Crippen LogP contribution in [0.3, 0.4) is 0 Å². The molecule has 1 aliphatic rings. The van der Waals surface area contributed by atoms with E-state index in [1.165, 1.54) is 6.07 Å². The number of anilines is 1. The summed E-state index contributed by atoms with van der Waals surface area (Å²) in [6, 6.07) is 5.82. The van der Waals surface area contributed by atoms with Crippen LogP contribution in [0.25, 0.3) is 22.4 Å². The molecule has 2 atom stereocenters. The molecule has 6 nitrogen and oxygen atoms in total. The van der Waals surface area contributed by atoms with Crippen molar-refractivity contribution < 1.29 is 13.2 Å². The fraction of sp³-hybridized carbons (Fsp3) is 0.421. The van der Waals surface area contributed by atoms with Gasteiger partial charge in [0.25, 0.3) is 0 Å². The van der Waals surface area contributed by atoms with Crippen LogP contribution in [0.2, 0.25) is 0 Å². The van der Waals surface area contributed by atoms with Crippen LogP contribution in [0.15, 0.2) is 30.5 Å². The number of hydrogen-bond acceptors (Lipinski definition) is 5. The van der Waals surface area contributed by atoms with Crippen molar-refractivity contribution in [1.82, 2.24) is 20.2 Å². The maximum absolute atomic E-state index is 13.6. The van der Waals surface area contributed by atoms with Gasteiger partial charge in [-0.1, -0.05) is 13.3 Å². The van der Waals surface area contributed by atoms with Gasteiger partial charge in [0.05, 0.1) is 5.56 Å². The van der Waals surface area contributed by atoms with Gasteiger partial charge in [-0.25, -0.2) is 9.97 Å². The second kappa shape index (κ2) is 7.05. The molecule has 4 rings (SSSR count). The first-order valence-corrected chi connectivity index (χ1v) is 9.26. The van der Waals surface area contributed by atoms with E-state index in [-0.39, 0.29) is 17.4 Å². The predicted molar refractivity (Wildman–Crippen MR) is 101 cm³/mol. The van der Waals surface area contributed by atoms with Crippen LogP contribution in [0, 0.1) is 5.92 Å². The van der Waals surface area contributed by atoms with E-state index in [0.717, 1.165) is 18.9 Å². The van der Waals surface area contributed by atoms with Crippen LogP contribution in [0.5, 0.6) is 0 Å². The van der Waals surface area contributed by atoms with E-state index in [1.54, 1.807) is 18.3 Å². The lowest BCUT2D eigenvalue weighted by molar-refractivity contribution is -0.137. The van der Waals surface area contributed by atoms with Crippen LogP contribution in [0.4, 0.5) is 19.0 Å². The zero-order chi connectivity index (χ0) is 19.9. The van der Waals surface area contributed by atoms with Crippen molar-refractivity contribution in [3.05, 3.63) is 36.0 Å². The van der Waals surface area contributed by atoms with Gasteiger partial charge < -0.3 is 10.6 Å². The van der Waals surface area contributed by atoms with Crippen LogP contribution < -0.4 is 10.6 Å². The highest BCUT2D eigenvalue weighted by Gasteiger charge is 2.37. The first-order chi connectivity index (χ1) is 13.4. The van der Waals surface area contributed by atoms with Gasteiger partial charge in [0.1, 0.15) is 17.2 Å². The van der Waals surface area contributed by atoms with Crippen LogP contribution in [0.1, 0.15) is 25.3 Å². The third-order valence-corrected chi connectivity index (χ3v) is 5.22. The lowest BCUT2D eigenvalue weighted by Crippen LogP contribution is -2.29. The summed E-state index contributed by atoms with van der Waals surface area (Å²) in [4.78, 5) is 10.4. The number of H-pyrrole nitrogens is 1. The molecule has 1 aliphatic heterocycles. The Balaban J connectivity index is 1.79. The summed E-state index contributed by atoms with van der Waals surface area (Å²) in [5, 5.41) is 7.26. The van der Waals surface area contributed by atoms with Gasteiger partial charge in [0.15, 0.2) is 5.65 Å². The molecule has 1 fully saturated rings. The third kappa shape index (κ3) is 3.30. The monoisotopic (exact) mass is 390 g/mol. The van der Waals surface area contributed by atoms with Gasteiger partial charge in [-0.15, -0.1) is 0 Å². The summed E-state index contributed by atoms with van der Waals surface area (Å²) in [7, 11) is 0. The lowest BCUT2D eigenvalue weighted by Gasteiger charge is -2.20. The van der Waals surface area contributed by atoms with E-state index in [4.69, 9.17) is 5.73 Å². The minimum absolute atomic E-state index is 0.0112. The summed E-state index contributed by atoms with van der Waals surface area (Å²) in [5.74, 6) is 0.796. The highest BCUT2D eigenvalue weighted by molar-refractivity contribution is 5.90. The number of rotatable bonds is 4. The molecule has 9 heteroatoms. The molecule has 3 aromatic heterocycles. The summed E-state index contributed by atoms with van der Waals surface area (Å²) in [5.41, 5.74) is 5.77. The molecule has 0 radical (unpaired) electrons. The Morgan fingerprint density at radius 3 is 2.79 bits per heavy atom. The maximum atomic E-state index is 13.6. The zero-order valence-corrected chi connectivity index (χ0v) is 15.4. The van der Waals surface area contributed by atoms with Crippen molar-refractivity contribution in [2.24, 2.45) is 11.7 Å². The molecular weight excluding hydrogens is 369 g/mol. The Labute approximate surface area is 160 Å². The molecule has 0 bridgehead atoms. The fourth-order valence-electron chi connectivity index (χ4n) is 3.83. The average molecular weight is 390 g/mol. The topological polar surface area (TPSA) is 83.7 Å². The zero-order valence-electron chi connectivity index (χ0n) is 15.4. The van der Waals surface area contributed by atoms with Crippen LogP contribution >= 0.6 is 0 Å². The molecule has 28 heavy (non-hydrogen) atoms. The van der Waals surface area contributed by atoms with Crippen LogP contribution in [-0.4, -0.2) is 39.3 Å². The van der Waals surface area contributed by atoms with Crippen molar-refractivity contribution >= 4 is 16.9 Å². The summed E-state index contributed by atoms with van der Waals surface area (Å²) < 4.78 is 40.9.